The summed E-state index contributed by atoms with van der Waals surface area (Å²) in [7, 11) is -3.14. The first-order valence-corrected chi connectivity index (χ1v) is 9.88. The van der Waals surface area contributed by atoms with Crippen LogP contribution in [0.4, 0.5) is 0 Å². The first-order chi connectivity index (χ1) is 11.3. The van der Waals surface area contributed by atoms with E-state index >= 15 is 0 Å². The molecule has 3 rings (SSSR count). The lowest BCUT2D eigenvalue weighted by Crippen LogP contribution is -2.32. The van der Waals surface area contributed by atoms with Crippen LogP contribution in [0.3, 0.4) is 0 Å². The van der Waals surface area contributed by atoms with Crippen LogP contribution in [0.25, 0.3) is 11.3 Å². The van der Waals surface area contributed by atoms with Crippen molar-refractivity contribution in [3.05, 3.63) is 47.2 Å². The number of hydrogen-bond donors (Lipinski definition) is 0. The maximum atomic E-state index is 13.0. The molecule has 2 heterocycles. The van der Waals surface area contributed by atoms with E-state index in [1.165, 1.54) is 6.26 Å². The summed E-state index contributed by atoms with van der Waals surface area (Å²) in [6.45, 7) is 4.40. The van der Waals surface area contributed by atoms with Gasteiger partial charge in [0, 0.05) is 30.5 Å². The number of carbonyl (C=O) groups is 1. The first kappa shape index (κ1) is 16.8. The van der Waals surface area contributed by atoms with Crippen molar-refractivity contribution >= 4 is 15.7 Å². The Morgan fingerprint density at radius 1 is 1.21 bits per heavy atom. The summed E-state index contributed by atoms with van der Waals surface area (Å²) in [5.41, 5.74) is 2.19. The van der Waals surface area contributed by atoms with E-state index in [0.717, 1.165) is 11.1 Å². The van der Waals surface area contributed by atoms with Gasteiger partial charge >= 0.3 is 0 Å². The molecule has 1 amide bonds. The number of carbonyl (C=O) groups excluding carboxylic acids is 1. The molecule has 1 aliphatic heterocycles. The van der Waals surface area contributed by atoms with Gasteiger partial charge in [-0.2, -0.15) is 0 Å². The normalized spacial score (nSPS) is 18.1. The highest BCUT2D eigenvalue weighted by atomic mass is 32.2. The molecule has 1 fully saturated rings. The van der Waals surface area contributed by atoms with Gasteiger partial charge in [0.15, 0.2) is 9.84 Å². The van der Waals surface area contributed by atoms with Crippen molar-refractivity contribution in [2.24, 2.45) is 0 Å². The standard InChI is InChI=1S/C18H21NO4S/c1-12-13(2)23-17(14-7-5-4-6-8-14)16(12)18(20)19-10-9-15(11-19)24(3,21)22/h4-8,15H,9-11H2,1-3H3. The third-order valence-electron chi connectivity index (χ3n) is 4.67. The number of benzene rings is 1. The molecule has 1 atom stereocenters. The fourth-order valence-electron chi connectivity index (χ4n) is 3.10. The van der Waals surface area contributed by atoms with Crippen molar-refractivity contribution in [3.63, 3.8) is 0 Å². The average Bonchev–Trinajstić information content (AvgIpc) is 3.14. The van der Waals surface area contributed by atoms with Crippen molar-refractivity contribution in [3.8, 4) is 11.3 Å². The quantitative estimate of drug-likeness (QED) is 0.856. The molecule has 0 N–H and O–H groups in total. The predicted octanol–water partition coefficient (Wildman–Crippen LogP) is 2.82. The molecule has 5 nitrogen and oxygen atoms in total. The number of likely N-dealkylation sites (tertiary alicyclic amines) is 1. The zero-order valence-corrected chi connectivity index (χ0v) is 14.9. The molecule has 128 valence electrons. The third kappa shape index (κ3) is 2.98. The number of nitrogens with zero attached hydrogens (tertiary/aromatic N) is 1. The Morgan fingerprint density at radius 2 is 1.88 bits per heavy atom. The second-order valence-electron chi connectivity index (χ2n) is 6.34. The van der Waals surface area contributed by atoms with Crippen LogP contribution in [0.1, 0.15) is 28.1 Å². The van der Waals surface area contributed by atoms with Gasteiger partial charge in [0.1, 0.15) is 11.5 Å². The number of rotatable bonds is 3. The smallest absolute Gasteiger partial charge is 0.258 e. The van der Waals surface area contributed by atoms with Gasteiger partial charge in [-0.3, -0.25) is 4.79 Å². The van der Waals surface area contributed by atoms with Gasteiger partial charge in [-0.05, 0) is 20.3 Å². The summed E-state index contributed by atoms with van der Waals surface area (Å²) in [5.74, 6) is 1.10. The Morgan fingerprint density at radius 3 is 2.46 bits per heavy atom. The fraction of sp³-hybridized carbons (Fsp3) is 0.389. The first-order valence-electron chi connectivity index (χ1n) is 7.92. The van der Waals surface area contributed by atoms with E-state index in [-0.39, 0.29) is 12.5 Å². The van der Waals surface area contributed by atoms with Gasteiger partial charge in [-0.15, -0.1) is 0 Å². The van der Waals surface area contributed by atoms with Gasteiger partial charge in [0.05, 0.1) is 10.8 Å². The molecule has 2 aromatic rings. The highest BCUT2D eigenvalue weighted by Crippen LogP contribution is 2.33. The van der Waals surface area contributed by atoms with Crippen LogP contribution in [0.2, 0.25) is 0 Å². The Hall–Kier alpha value is -2.08. The number of sulfone groups is 1. The van der Waals surface area contributed by atoms with Crippen LogP contribution in [-0.4, -0.2) is 43.8 Å². The summed E-state index contributed by atoms with van der Waals surface area (Å²) < 4.78 is 29.3. The molecule has 1 aromatic carbocycles. The second kappa shape index (κ2) is 6.09. The van der Waals surface area contributed by atoms with Gasteiger partial charge in [0.25, 0.3) is 5.91 Å². The van der Waals surface area contributed by atoms with Crippen molar-refractivity contribution < 1.29 is 17.6 Å². The SMILES string of the molecule is Cc1oc(-c2ccccc2)c(C(=O)N2CCC(S(C)(=O)=O)C2)c1C. The molecular formula is C18H21NO4S. The summed E-state index contributed by atoms with van der Waals surface area (Å²) in [5, 5.41) is -0.477. The minimum Gasteiger partial charge on any atom is -0.460 e. The Kier molecular flexibility index (Phi) is 4.25. The molecule has 1 unspecified atom stereocenters. The lowest BCUT2D eigenvalue weighted by molar-refractivity contribution is 0.0793. The maximum Gasteiger partial charge on any atom is 0.258 e. The molecule has 1 aromatic heterocycles. The van der Waals surface area contributed by atoms with Gasteiger partial charge < -0.3 is 9.32 Å². The van der Waals surface area contributed by atoms with Crippen molar-refractivity contribution in [2.75, 3.05) is 19.3 Å². The van der Waals surface area contributed by atoms with Crippen LogP contribution >= 0.6 is 0 Å². The van der Waals surface area contributed by atoms with Crippen molar-refractivity contribution in [1.29, 1.82) is 0 Å². The third-order valence-corrected chi connectivity index (χ3v) is 6.27. The minimum absolute atomic E-state index is 0.158. The van der Waals surface area contributed by atoms with E-state index in [0.29, 0.717) is 30.0 Å². The molecule has 0 bridgehead atoms. The maximum absolute atomic E-state index is 13.0. The highest BCUT2D eigenvalue weighted by Gasteiger charge is 2.35. The zero-order chi connectivity index (χ0) is 17.5. The second-order valence-corrected chi connectivity index (χ2v) is 8.67. The largest absolute Gasteiger partial charge is 0.460 e. The van der Waals surface area contributed by atoms with Crippen LogP contribution in [0.5, 0.6) is 0 Å². The van der Waals surface area contributed by atoms with Crippen LogP contribution in [0.15, 0.2) is 34.7 Å². The molecular weight excluding hydrogens is 326 g/mol. The van der Waals surface area contributed by atoms with Crippen molar-refractivity contribution in [2.45, 2.75) is 25.5 Å². The van der Waals surface area contributed by atoms with E-state index in [9.17, 15) is 13.2 Å². The van der Waals surface area contributed by atoms with Crippen LogP contribution in [0, 0.1) is 13.8 Å². The number of hydrogen-bond acceptors (Lipinski definition) is 4. The fourth-order valence-corrected chi connectivity index (χ4v) is 4.08. The van der Waals surface area contributed by atoms with Crippen LogP contribution < -0.4 is 0 Å². The summed E-state index contributed by atoms with van der Waals surface area (Å²) in [4.78, 5) is 14.6. The Labute approximate surface area is 142 Å². The average molecular weight is 347 g/mol. The molecule has 1 aliphatic rings. The van der Waals surface area contributed by atoms with E-state index in [1.807, 2.05) is 44.2 Å². The molecule has 6 heteroatoms. The number of aryl methyl sites for hydroxylation is 1. The molecule has 0 aliphatic carbocycles. The zero-order valence-electron chi connectivity index (χ0n) is 14.1. The Bertz CT molecular complexity index is 868. The van der Waals surface area contributed by atoms with E-state index in [4.69, 9.17) is 4.42 Å². The summed E-state index contributed by atoms with van der Waals surface area (Å²) in [6.07, 6.45) is 1.72. The molecule has 24 heavy (non-hydrogen) atoms. The van der Waals surface area contributed by atoms with Crippen LogP contribution in [-0.2, 0) is 9.84 Å². The van der Waals surface area contributed by atoms with Gasteiger partial charge in [-0.25, -0.2) is 8.42 Å². The Balaban J connectivity index is 1.97. The number of furan rings is 1. The van der Waals surface area contributed by atoms with E-state index in [2.05, 4.69) is 0 Å². The van der Waals surface area contributed by atoms with E-state index < -0.39 is 15.1 Å². The minimum atomic E-state index is -3.14. The van der Waals surface area contributed by atoms with Gasteiger partial charge in [0.2, 0.25) is 0 Å². The predicted molar refractivity (Wildman–Crippen MR) is 92.8 cm³/mol. The lowest BCUT2D eigenvalue weighted by Gasteiger charge is -2.17. The summed E-state index contributed by atoms with van der Waals surface area (Å²) in [6, 6.07) is 9.50. The molecule has 0 spiro atoms. The van der Waals surface area contributed by atoms with Crippen molar-refractivity contribution in [1.82, 2.24) is 4.90 Å². The van der Waals surface area contributed by atoms with E-state index in [1.54, 1.807) is 4.90 Å². The molecule has 0 radical (unpaired) electrons. The number of amides is 1. The molecule has 1 saturated heterocycles. The molecule has 0 saturated carbocycles. The summed E-state index contributed by atoms with van der Waals surface area (Å²) >= 11 is 0. The lowest BCUT2D eigenvalue weighted by atomic mass is 10.0. The highest BCUT2D eigenvalue weighted by molar-refractivity contribution is 7.91. The topological polar surface area (TPSA) is 67.6 Å². The van der Waals surface area contributed by atoms with Gasteiger partial charge in [-0.1, -0.05) is 30.3 Å². The monoisotopic (exact) mass is 347 g/mol.